The van der Waals surface area contributed by atoms with Gasteiger partial charge in [-0.3, -0.25) is 9.78 Å². The lowest BCUT2D eigenvalue weighted by molar-refractivity contribution is -0.0227. The first-order valence-electron chi connectivity index (χ1n) is 6.46. The van der Waals surface area contributed by atoms with Crippen molar-refractivity contribution in [2.75, 3.05) is 19.7 Å². The van der Waals surface area contributed by atoms with Crippen LogP contribution >= 0.6 is 11.3 Å². The lowest BCUT2D eigenvalue weighted by atomic mass is 10.1. The fourth-order valence-corrected chi connectivity index (χ4v) is 3.03. The molecule has 1 saturated heterocycles. The smallest absolute Gasteiger partial charge is 0.266 e. The monoisotopic (exact) mass is 289 g/mol. The Balaban J connectivity index is 1.76. The van der Waals surface area contributed by atoms with Gasteiger partial charge in [0, 0.05) is 18.9 Å². The normalized spacial score (nSPS) is 19.1. The maximum atomic E-state index is 12.5. The van der Waals surface area contributed by atoms with Crippen molar-refractivity contribution in [3.8, 4) is 0 Å². The van der Waals surface area contributed by atoms with Crippen LogP contribution in [-0.2, 0) is 4.74 Å². The van der Waals surface area contributed by atoms with Crippen molar-refractivity contribution in [2.24, 2.45) is 0 Å². The highest BCUT2D eigenvalue weighted by molar-refractivity contribution is 7.11. The van der Waals surface area contributed by atoms with Crippen LogP contribution in [0.3, 0.4) is 0 Å². The molecule has 1 unspecified atom stereocenters. The van der Waals surface area contributed by atoms with E-state index in [1.54, 1.807) is 17.9 Å². The number of pyridine rings is 1. The quantitative estimate of drug-likeness (QED) is 0.849. The van der Waals surface area contributed by atoms with Crippen LogP contribution in [0.25, 0.3) is 0 Å². The Hall–Kier alpha value is -1.79. The zero-order valence-corrected chi connectivity index (χ0v) is 12.0. The second-order valence-corrected chi connectivity index (χ2v) is 5.51. The van der Waals surface area contributed by atoms with E-state index < -0.39 is 0 Å². The molecule has 1 aliphatic rings. The highest BCUT2D eigenvalue weighted by Gasteiger charge is 2.27. The minimum Gasteiger partial charge on any atom is -0.370 e. The summed E-state index contributed by atoms with van der Waals surface area (Å²) in [6.45, 7) is 3.61. The van der Waals surface area contributed by atoms with Crippen molar-refractivity contribution in [3.05, 3.63) is 46.2 Å². The van der Waals surface area contributed by atoms with Crippen molar-refractivity contribution >= 4 is 17.2 Å². The number of aryl methyl sites for hydroxylation is 1. The number of nitrogens with zero attached hydrogens (tertiary/aromatic N) is 3. The van der Waals surface area contributed by atoms with Gasteiger partial charge in [0.05, 0.1) is 24.4 Å². The Bertz CT molecular complexity index is 599. The number of carbonyl (C=O) groups is 1. The van der Waals surface area contributed by atoms with Crippen LogP contribution in [0.15, 0.2) is 30.0 Å². The summed E-state index contributed by atoms with van der Waals surface area (Å²) in [6, 6.07) is 3.85. The van der Waals surface area contributed by atoms with Gasteiger partial charge < -0.3 is 9.64 Å². The number of morpholine rings is 1. The first kappa shape index (κ1) is 13.2. The van der Waals surface area contributed by atoms with Crippen molar-refractivity contribution in [3.63, 3.8) is 0 Å². The summed E-state index contributed by atoms with van der Waals surface area (Å²) >= 11 is 1.40. The van der Waals surface area contributed by atoms with Crippen molar-refractivity contribution in [2.45, 2.75) is 13.0 Å². The van der Waals surface area contributed by atoms with E-state index in [1.807, 2.05) is 24.0 Å². The summed E-state index contributed by atoms with van der Waals surface area (Å²) in [4.78, 5) is 23.2. The number of rotatable bonds is 2. The van der Waals surface area contributed by atoms with E-state index in [-0.39, 0.29) is 12.0 Å². The topological polar surface area (TPSA) is 55.3 Å². The number of hydrogen-bond acceptors (Lipinski definition) is 5. The van der Waals surface area contributed by atoms with E-state index >= 15 is 0 Å². The summed E-state index contributed by atoms with van der Waals surface area (Å²) in [5.41, 5.74) is 3.56. The number of aromatic nitrogens is 2. The molecule has 0 aliphatic carbocycles. The van der Waals surface area contributed by atoms with Gasteiger partial charge in [0.1, 0.15) is 11.0 Å². The molecule has 0 spiro atoms. The molecular weight excluding hydrogens is 274 g/mol. The molecule has 1 aliphatic heterocycles. The van der Waals surface area contributed by atoms with Gasteiger partial charge in [-0.1, -0.05) is 0 Å². The Morgan fingerprint density at radius 2 is 2.25 bits per heavy atom. The fraction of sp³-hybridized carbons (Fsp3) is 0.357. The molecule has 1 atom stereocenters. The summed E-state index contributed by atoms with van der Waals surface area (Å²) in [6.07, 6.45) is 3.41. The molecule has 104 valence electrons. The Labute approximate surface area is 121 Å². The van der Waals surface area contributed by atoms with Crippen molar-refractivity contribution in [1.29, 1.82) is 0 Å². The molecule has 0 saturated carbocycles. The third-order valence-corrected chi connectivity index (χ3v) is 4.29. The van der Waals surface area contributed by atoms with Crippen LogP contribution < -0.4 is 0 Å². The molecule has 3 rings (SSSR count). The van der Waals surface area contributed by atoms with Crippen LogP contribution in [-0.4, -0.2) is 40.5 Å². The largest absolute Gasteiger partial charge is 0.370 e. The van der Waals surface area contributed by atoms with Crippen LogP contribution in [0, 0.1) is 6.92 Å². The molecule has 2 aromatic heterocycles. The van der Waals surface area contributed by atoms with Crippen molar-refractivity contribution < 1.29 is 9.53 Å². The van der Waals surface area contributed by atoms with Gasteiger partial charge in [-0.15, -0.1) is 11.3 Å². The maximum Gasteiger partial charge on any atom is 0.266 e. The first-order chi connectivity index (χ1) is 9.75. The second kappa shape index (κ2) is 5.68. The van der Waals surface area contributed by atoms with Crippen molar-refractivity contribution in [1.82, 2.24) is 14.9 Å². The van der Waals surface area contributed by atoms with Gasteiger partial charge in [0.2, 0.25) is 0 Å². The van der Waals surface area contributed by atoms with Gasteiger partial charge in [0.25, 0.3) is 5.91 Å². The number of ether oxygens (including phenoxy) is 1. The van der Waals surface area contributed by atoms with E-state index in [4.69, 9.17) is 4.74 Å². The zero-order valence-electron chi connectivity index (χ0n) is 11.2. The number of hydrogen-bond donors (Lipinski definition) is 0. The predicted molar refractivity (Wildman–Crippen MR) is 75.7 cm³/mol. The van der Waals surface area contributed by atoms with Gasteiger partial charge in [0.15, 0.2) is 0 Å². The summed E-state index contributed by atoms with van der Waals surface area (Å²) in [5, 5.41) is 0. The fourth-order valence-electron chi connectivity index (χ4n) is 2.26. The molecule has 1 fully saturated rings. The Morgan fingerprint density at radius 1 is 1.45 bits per heavy atom. The zero-order chi connectivity index (χ0) is 13.9. The van der Waals surface area contributed by atoms with E-state index in [1.165, 1.54) is 11.3 Å². The highest BCUT2D eigenvalue weighted by atomic mass is 32.1. The number of amides is 1. The average molecular weight is 289 g/mol. The van der Waals surface area contributed by atoms with E-state index in [2.05, 4.69) is 9.97 Å². The third kappa shape index (κ3) is 2.57. The molecule has 6 heteroatoms. The maximum absolute atomic E-state index is 12.5. The minimum absolute atomic E-state index is 0.0485. The lowest BCUT2D eigenvalue weighted by Gasteiger charge is -2.33. The Morgan fingerprint density at radius 3 is 2.95 bits per heavy atom. The summed E-state index contributed by atoms with van der Waals surface area (Å²) in [5.74, 6) is 0.0485. The molecule has 0 N–H and O–H groups in total. The molecule has 2 aromatic rings. The van der Waals surface area contributed by atoms with Gasteiger partial charge >= 0.3 is 0 Å². The van der Waals surface area contributed by atoms with Gasteiger partial charge in [-0.25, -0.2) is 4.98 Å². The molecule has 0 aromatic carbocycles. The predicted octanol–water partition coefficient (Wildman–Crippen LogP) is 2.06. The third-order valence-electron chi connectivity index (χ3n) is 3.37. The Kier molecular flexibility index (Phi) is 3.75. The average Bonchev–Trinajstić information content (AvgIpc) is 2.94. The lowest BCUT2D eigenvalue weighted by Crippen LogP contribution is -2.42. The standard InChI is InChI=1S/C14H15N3O2S/c1-10-13(20-9-16-10)14(18)17-6-7-19-12(8-17)11-2-4-15-5-3-11/h2-5,9,12H,6-8H2,1H3. The van der Waals surface area contributed by atoms with E-state index in [0.717, 1.165) is 16.1 Å². The van der Waals surface area contributed by atoms with E-state index in [0.29, 0.717) is 19.7 Å². The molecule has 3 heterocycles. The molecule has 0 bridgehead atoms. The van der Waals surface area contributed by atoms with Crippen LogP contribution in [0.4, 0.5) is 0 Å². The minimum atomic E-state index is -0.0797. The molecular formula is C14H15N3O2S. The summed E-state index contributed by atoms with van der Waals surface area (Å²) in [7, 11) is 0. The molecule has 0 radical (unpaired) electrons. The first-order valence-corrected chi connectivity index (χ1v) is 7.34. The summed E-state index contributed by atoms with van der Waals surface area (Å²) < 4.78 is 5.76. The SMILES string of the molecule is Cc1ncsc1C(=O)N1CCOC(c2ccncc2)C1. The van der Waals surface area contributed by atoms with Crippen LogP contribution in [0.2, 0.25) is 0 Å². The molecule has 20 heavy (non-hydrogen) atoms. The number of carbonyl (C=O) groups excluding carboxylic acids is 1. The highest BCUT2D eigenvalue weighted by Crippen LogP contribution is 2.24. The van der Waals surface area contributed by atoms with E-state index in [9.17, 15) is 4.79 Å². The van der Waals surface area contributed by atoms with Crippen LogP contribution in [0.5, 0.6) is 0 Å². The van der Waals surface area contributed by atoms with Gasteiger partial charge in [-0.2, -0.15) is 0 Å². The molecule has 1 amide bonds. The van der Waals surface area contributed by atoms with Crippen LogP contribution in [0.1, 0.15) is 27.0 Å². The van der Waals surface area contributed by atoms with Gasteiger partial charge in [-0.05, 0) is 24.6 Å². The number of thiazole rings is 1. The second-order valence-electron chi connectivity index (χ2n) is 4.66. The molecule has 5 nitrogen and oxygen atoms in total.